The average Bonchev–Trinajstić information content (AvgIpc) is 3.56. The van der Waals surface area contributed by atoms with Crippen molar-refractivity contribution in [2.24, 2.45) is 0 Å². The van der Waals surface area contributed by atoms with Crippen molar-refractivity contribution in [3.63, 3.8) is 0 Å². The molecule has 4 rings (SSSR count). The first-order chi connectivity index (χ1) is 14.9. The molecule has 0 radical (unpaired) electrons. The monoisotopic (exact) mass is 482 g/mol. The number of rotatable bonds is 7. The fraction of sp³-hybridized carbons (Fsp3) is 0.182. The van der Waals surface area contributed by atoms with E-state index >= 15 is 0 Å². The first kappa shape index (κ1) is 20.8. The number of ether oxygens (including phenoxy) is 1. The topological polar surface area (TPSA) is 113 Å². The highest BCUT2D eigenvalue weighted by Gasteiger charge is 2.51. The molecule has 1 fully saturated rings. The van der Waals surface area contributed by atoms with Crippen LogP contribution in [0.1, 0.15) is 28.8 Å². The summed E-state index contributed by atoms with van der Waals surface area (Å²) in [5.74, 6) is 0.764. The number of aromatic nitrogens is 2. The van der Waals surface area contributed by atoms with E-state index in [1.807, 2.05) is 12.1 Å². The molecule has 0 bridgehead atoms. The van der Waals surface area contributed by atoms with Crippen LogP contribution >= 0.6 is 15.9 Å². The van der Waals surface area contributed by atoms with Gasteiger partial charge in [0, 0.05) is 18.9 Å². The summed E-state index contributed by atoms with van der Waals surface area (Å²) >= 11 is 3.35. The van der Waals surface area contributed by atoms with Crippen molar-refractivity contribution in [2.75, 3.05) is 0 Å². The Morgan fingerprint density at radius 1 is 1.10 bits per heavy atom. The second-order valence-electron chi connectivity index (χ2n) is 7.21. The fourth-order valence-electron chi connectivity index (χ4n) is 2.97. The van der Waals surface area contributed by atoms with Crippen LogP contribution in [0.15, 0.2) is 65.7 Å². The van der Waals surface area contributed by atoms with Gasteiger partial charge in [0.2, 0.25) is 5.91 Å². The summed E-state index contributed by atoms with van der Waals surface area (Å²) in [4.78, 5) is 32.6. The molecule has 158 valence electrons. The smallest absolute Gasteiger partial charge is 0.255 e. The summed E-state index contributed by atoms with van der Waals surface area (Å²) in [5.41, 5.74) is 0.336. The Hall–Kier alpha value is -3.46. The molecule has 1 saturated carbocycles. The lowest BCUT2D eigenvalue weighted by Gasteiger charge is -2.17. The van der Waals surface area contributed by atoms with Gasteiger partial charge in [0.15, 0.2) is 0 Å². The van der Waals surface area contributed by atoms with Crippen LogP contribution in [0.4, 0.5) is 0 Å². The minimum Gasteiger partial charge on any atom is -0.508 e. The van der Waals surface area contributed by atoms with Crippen LogP contribution in [-0.2, 0) is 11.3 Å². The fourth-order valence-corrected chi connectivity index (χ4v) is 3.41. The van der Waals surface area contributed by atoms with Gasteiger partial charge in [0.1, 0.15) is 29.1 Å². The molecule has 31 heavy (non-hydrogen) atoms. The zero-order valence-electron chi connectivity index (χ0n) is 16.3. The zero-order valence-corrected chi connectivity index (χ0v) is 17.9. The molecular weight excluding hydrogens is 464 g/mol. The Morgan fingerprint density at radius 3 is 2.45 bits per heavy atom. The van der Waals surface area contributed by atoms with E-state index in [0.717, 1.165) is 5.56 Å². The molecule has 1 aliphatic carbocycles. The Morgan fingerprint density at radius 2 is 1.81 bits per heavy atom. The molecule has 0 saturated heterocycles. The molecule has 1 aromatic heterocycles. The van der Waals surface area contributed by atoms with E-state index in [0.29, 0.717) is 40.9 Å². The third-order valence-corrected chi connectivity index (χ3v) is 5.50. The van der Waals surface area contributed by atoms with Gasteiger partial charge in [-0.15, -0.1) is 0 Å². The average molecular weight is 483 g/mol. The van der Waals surface area contributed by atoms with Crippen LogP contribution in [0.2, 0.25) is 0 Å². The highest BCUT2D eigenvalue weighted by Crippen LogP contribution is 2.36. The Balaban J connectivity index is 1.31. The van der Waals surface area contributed by atoms with Crippen molar-refractivity contribution in [1.82, 2.24) is 20.6 Å². The van der Waals surface area contributed by atoms with Crippen LogP contribution in [0.5, 0.6) is 17.2 Å². The quantitative estimate of drug-likeness (QED) is 0.475. The van der Waals surface area contributed by atoms with E-state index in [9.17, 15) is 14.7 Å². The zero-order chi connectivity index (χ0) is 21.8. The Labute approximate surface area is 186 Å². The number of amides is 2. The highest BCUT2D eigenvalue weighted by atomic mass is 79.9. The van der Waals surface area contributed by atoms with Gasteiger partial charge in [0.05, 0.1) is 10.0 Å². The number of halogens is 1. The lowest BCUT2D eigenvalue weighted by Crippen LogP contribution is -2.48. The molecule has 0 aliphatic heterocycles. The number of phenolic OH excluding ortho intramolecular Hbond substituents is 1. The summed E-state index contributed by atoms with van der Waals surface area (Å²) in [5, 5.41) is 15.1. The number of benzene rings is 2. The molecule has 3 N–H and O–H groups in total. The summed E-state index contributed by atoms with van der Waals surface area (Å²) in [6.07, 6.45) is 5.35. The van der Waals surface area contributed by atoms with Gasteiger partial charge in [-0.3, -0.25) is 9.59 Å². The molecule has 3 aromatic rings. The summed E-state index contributed by atoms with van der Waals surface area (Å²) in [6, 6.07) is 12.1. The lowest BCUT2D eigenvalue weighted by atomic mass is 10.2. The van der Waals surface area contributed by atoms with Crippen molar-refractivity contribution < 1.29 is 19.4 Å². The number of hydrogen-bond donors (Lipinski definition) is 3. The van der Waals surface area contributed by atoms with Gasteiger partial charge < -0.3 is 20.5 Å². The molecule has 9 heteroatoms. The second-order valence-corrected chi connectivity index (χ2v) is 8.06. The minimum absolute atomic E-state index is 0.145. The number of carbonyl (C=O) groups excluding carboxylic acids is 2. The van der Waals surface area contributed by atoms with Crippen molar-refractivity contribution in [3.8, 4) is 17.2 Å². The van der Waals surface area contributed by atoms with Crippen LogP contribution < -0.4 is 15.4 Å². The molecule has 8 nitrogen and oxygen atoms in total. The molecule has 0 atom stereocenters. The van der Waals surface area contributed by atoms with Crippen molar-refractivity contribution in [1.29, 1.82) is 0 Å². The van der Waals surface area contributed by atoms with Gasteiger partial charge in [0.25, 0.3) is 5.91 Å². The van der Waals surface area contributed by atoms with Crippen LogP contribution in [0, 0.1) is 0 Å². The predicted octanol–water partition coefficient (Wildman–Crippen LogP) is 3.32. The van der Waals surface area contributed by atoms with Gasteiger partial charge in [-0.05, 0) is 64.7 Å². The SMILES string of the molecule is O=C(NC1(C(=O)NCc2ccc(Oc3ccc(O)cc3Br)cc2)CC1)c1cncnc1. The predicted molar refractivity (Wildman–Crippen MR) is 116 cm³/mol. The van der Waals surface area contributed by atoms with E-state index in [4.69, 9.17) is 4.74 Å². The largest absolute Gasteiger partial charge is 0.508 e. The normalized spacial score (nSPS) is 13.8. The van der Waals surface area contributed by atoms with Crippen molar-refractivity contribution >= 4 is 27.7 Å². The van der Waals surface area contributed by atoms with E-state index < -0.39 is 5.54 Å². The molecule has 0 spiro atoms. The number of phenols is 1. The van der Waals surface area contributed by atoms with Gasteiger partial charge in [-0.25, -0.2) is 9.97 Å². The first-order valence-electron chi connectivity index (χ1n) is 9.56. The number of carbonyl (C=O) groups is 2. The number of nitrogens with one attached hydrogen (secondary N) is 2. The molecule has 2 aromatic carbocycles. The first-order valence-corrected chi connectivity index (χ1v) is 10.4. The van der Waals surface area contributed by atoms with Crippen molar-refractivity contribution in [3.05, 3.63) is 76.8 Å². The Kier molecular flexibility index (Phi) is 5.85. The summed E-state index contributed by atoms with van der Waals surface area (Å²) in [7, 11) is 0. The maximum absolute atomic E-state index is 12.6. The standard InChI is InChI=1S/C22H19BrN4O4/c23-18-9-16(28)3-6-19(18)31-17-4-1-14(2-5-17)10-26-21(30)22(7-8-22)27-20(29)15-11-24-13-25-12-15/h1-6,9,11-13,28H,7-8,10H2,(H,26,30)(H,27,29). The minimum atomic E-state index is -0.874. The third-order valence-electron chi connectivity index (χ3n) is 4.88. The van der Waals surface area contributed by atoms with E-state index in [-0.39, 0.29) is 17.6 Å². The van der Waals surface area contributed by atoms with E-state index in [2.05, 4.69) is 36.5 Å². The van der Waals surface area contributed by atoms with Gasteiger partial charge >= 0.3 is 0 Å². The molecule has 2 amide bonds. The number of hydrogen-bond acceptors (Lipinski definition) is 6. The summed E-state index contributed by atoms with van der Waals surface area (Å²) in [6.45, 7) is 0.327. The highest BCUT2D eigenvalue weighted by molar-refractivity contribution is 9.10. The van der Waals surface area contributed by atoms with E-state index in [1.54, 1.807) is 30.3 Å². The van der Waals surface area contributed by atoms with Crippen LogP contribution in [0.25, 0.3) is 0 Å². The van der Waals surface area contributed by atoms with Gasteiger partial charge in [-0.1, -0.05) is 12.1 Å². The number of nitrogens with zero attached hydrogens (tertiary/aromatic N) is 2. The van der Waals surface area contributed by atoms with Crippen LogP contribution in [0.3, 0.4) is 0 Å². The molecule has 1 aliphatic rings. The lowest BCUT2D eigenvalue weighted by molar-refractivity contribution is -0.124. The van der Waals surface area contributed by atoms with Crippen molar-refractivity contribution in [2.45, 2.75) is 24.9 Å². The van der Waals surface area contributed by atoms with Crippen LogP contribution in [-0.4, -0.2) is 32.4 Å². The molecular formula is C22H19BrN4O4. The van der Waals surface area contributed by atoms with E-state index in [1.165, 1.54) is 18.7 Å². The maximum atomic E-state index is 12.6. The summed E-state index contributed by atoms with van der Waals surface area (Å²) < 4.78 is 6.43. The third kappa shape index (κ3) is 5.00. The Bertz CT molecular complexity index is 1100. The molecule has 1 heterocycles. The second kappa shape index (κ2) is 8.73. The number of aromatic hydroxyl groups is 1. The maximum Gasteiger partial charge on any atom is 0.255 e. The van der Waals surface area contributed by atoms with Gasteiger partial charge in [-0.2, -0.15) is 0 Å². The molecule has 0 unspecified atom stereocenters.